The molecule has 3 aromatic heterocycles. The van der Waals surface area contributed by atoms with Gasteiger partial charge in [0.1, 0.15) is 36.0 Å². The molecule has 220 valence electrons. The summed E-state index contributed by atoms with van der Waals surface area (Å²) in [6.45, 7) is 11.6. The highest BCUT2D eigenvalue weighted by Gasteiger charge is 2.46. The minimum atomic E-state index is -1.11. The highest BCUT2D eigenvalue weighted by molar-refractivity contribution is 5.81. The fourth-order valence-electron chi connectivity index (χ4n) is 6.35. The number of hydrogen-bond acceptors (Lipinski definition) is 9. The molecule has 1 aliphatic heterocycles. The number of fused-ring (bicyclic) bond motifs is 2. The number of nitrogens with two attached hydrogens (primary N) is 1. The van der Waals surface area contributed by atoms with Crippen molar-refractivity contribution in [2.24, 2.45) is 5.92 Å². The topological polar surface area (TPSA) is 151 Å². The number of imidazole rings is 2. The van der Waals surface area contributed by atoms with Crippen molar-refractivity contribution in [3.8, 4) is 0 Å². The zero-order chi connectivity index (χ0) is 29.1. The van der Waals surface area contributed by atoms with Gasteiger partial charge in [0.2, 0.25) is 0 Å². The highest BCUT2D eigenvalue weighted by atomic mass is 16.6. The van der Waals surface area contributed by atoms with Crippen molar-refractivity contribution in [2.45, 2.75) is 102 Å². The first kappa shape index (κ1) is 28.0. The van der Waals surface area contributed by atoms with E-state index in [9.17, 15) is 10.2 Å². The Balaban J connectivity index is 1.06. The van der Waals surface area contributed by atoms with Crippen molar-refractivity contribution in [2.75, 3.05) is 12.3 Å². The van der Waals surface area contributed by atoms with Gasteiger partial charge in [0.25, 0.3) is 0 Å². The van der Waals surface area contributed by atoms with Crippen LogP contribution in [0.25, 0.3) is 22.2 Å². The van der Waals surface area contributed by atoms with Gasteiger partial charge in [-0.05, 0) is 62.1 Å². The van der Waals surface area contributed by atoms with E-state index in [0.29, 0.717) is 29.7 Å². The van der Waals surface area contributed by atoms with E-state index in [2.05, 4.69) is 77.7 Å². The average molecular weight is 563 g/mol. The van der Waals surface area contributed by atoms with E-state index in [0.717, 1.165) is 42.5 Å². The number of ether oxygens (including phenoxy) is 1. The maximum Gasteiger partial charge on any atom is 0.167 e. The first-order valence-corrected chi connectivity index (χ1v) is 14.7. The van der Waals surface area contributed by atoms with E-state index in [1.54, 1.807) is 4.57 Å². The molecule has 11 heteroatoms. The van der Waals surface area contributed by atoms with E-state index in [4.69, 9.17) is 15.5 Å². The van der Waals surface area contributed by atoms with Crippen molar-refractivity contribution in [1.29, 1.82) is 0 Å². The van der Waals surface area contributed by atoms with E-state index < -0.39 is 24.5 Å². The molecule has 41 heavy (non-hydrogen) atoms. The molecule has 0 spiro atoms. The quantitative estimate of drug-likeness (QED) is 0.253. The van der Waals surface area contributed by atoms with Crippen LogP contribution in [-0.2, 0) is 16.6 Å². The van der Waals surface area contributed by atoms with Crippen molar-refractivity contribution in [1.82, 2.24) is 34.4 Å². The molecule has 6 rings (SSSR count). The summed E-state index contributed by atoms with van der Waals surface area (Å²) >= 11 is 0. The lowest BCUT2D eigenvalue weighted by Gasteiger charge is -2.46. The van der Waals surface area contributed by atoms with Crippen LogP contribution in [0.15, 0.2) is 30.9 Å². The number of nitrogen functional groups attached to an aromatic ring is 1. The summed E-state index contributed by atoms with van der Waals surface area (Å²) in [5, 5.41) is 21.8. The number of aromatic amines is 1. The number of aliphatic hydroxyl groups excluding tert-OH is 2. The minimum absolute atomic E-state index is 0.110. The lowest BCUT2D eigenvalue weighted by Crippen LogP contribution is -2.52. The molecule has 1 aliphatic carbocycles. The average Bonchev–Trinajstić information content (AvgIpc) is 3.58. The maximum absolute atomic E-state index is 10.9. The maximum atomic E-state index is 10.9. The number of hydrogen-bond donors (Lipinski definition) is 4. The van der Waals surface area contributed by atoms with E-state index in [-0.39, 0.29) is 17.3 Å². The largest absolute Gasteiger partial charge is 0.387 e. The van der Waals surface area contributed by atoms with Gasteiger partial charge < -0.3 is 25.7 Å². The third kappa shape index (κ3) is 5.31. The monoisotopic (exact) mass is 562 g/mol. The third-order valence-electron chi connectivity index (χ3n) is 8.92. The Labute approximate surface area is 240 Å². The molecule has 1 aromatic carbocycles. The summed E-state index contributed by atoms with van der Waals surface area (Å²) < 4.78 is 7.86. The standard InChI is InChI=1S/C30H42N8O3/c1-16(2)37(13-22-25(39)26(40)29(41-22)38-15-34-24-27(31)32-14-33-28(24)38)19-10-17(11-19)6-9-23-35-20-8-7-18(30(3,4)5)12-21(20)36-23/h7-8,12,14-17,19,22,25-26,29,39-40H,6,9-11,13H2,1-5H3,(H,35,36)(H2,31,32,33)/t17?,19?,22-,25-,26-,29-/m1/s1. The number of anilines is 1. The third-order valence-corrected chi connectivity index (χ3v) is 8.92. The van der Waals surface area contributed by atoms with Crippen LogP contribution in [0.3, 0.4) is 0 Å². The molecule has 0 amide bonds. The number of H-pyrrole nitrogens is 1. The summed E-state index contributed by atoms with van der Waals surface area (Å²) in [5.74, 6) is 1.95. The molecule has 4 aromatic rings. The number of nitrogens with zero attached hydrogens (tertiary/aromatic N) is 6. The Morgan fingerprint density at radius 2 is 1.93 bits per heavy atom. The fraction of sp³-hybridized carbons (Fsp3) is 0.600. The first-order chi connectivity index (χ1) is 19.5. The van der Waals surface area contributed by atoms with Crippen molar-refractivity contribution in [3.63, 3.8) is 0 Å². The van der Waals surface area contributed by atoms with Gasteiger partial charge in [-0.15, -0.1) is 0 Å². The molecule has 2 aliphatic rings. The second kappa shape index (κ2) is 10.6. The van der Waals surface area contributed by atoms with Gasteiger partial charge in [-0.1, -0.05) is 26.8 Å². The molecule has 0 unspecified atom stereocenters. The summed E-state index contributed by atoms with van der Waals surface area (Å²) in [4.78, 5) is 23.3. The molecule has 1 saturated carbocycles. The molecule has 4 heterocycles. The van der Waals surface area contributed by atoms with E-state index in [1.165, 1.54) is 18.2 Å². The van der Waals surface area contributed by atoms with Gasteiger partial charge in [-0.3, -0.25) is 9.47 Å². The van der Waals surface area contributed by atoms with Crippen LogP contribution in [0.4, 0.5) is 5.82 Å². The normalized spacial score (nSPS) is 27.0. The zero-order valence-corrected chi connectivity index (χ0v) is 24.5. The highest BCUT2D eigenvalue weighted by Crippen LogP contribution is 2.38. The summed E-state index contributed by atoms with van der Waals surface area (Å²) in [6.07, 6.45) is 3.63. The number of aromatic nitrogens is 6. The van der Waals surface area contributed by atoms with Gasteiger partial charge in [-0.25, -0.2) is 19.9 Å². The van der Waals surface area contributed by atoms with Crippen molar-refractivity contribution in [3.05, 3.63) is 42.2 Å². The van der Waals surface area contributed by atoms with Crippen LogP contribution in [-0.4, -0.2) is 81.5 Å². The lowest BCUT2D eigenvalue weighted by atomic mass is 9.76. The van der Waals surface area contributed by atoms with Crippen molar-refractivity contribution >= 4 is 28.0 Å². The molecule has 2 fully saturated rings. The number of rotatable bonds is 8. The Kier molecular flexibility index (Phi) is 7.25. The van der Waals surface area contributed by atoms with Gasteiger partial charge >= 0.3 is 0 Å². The van der Waals surface area contributed by atoms with Crippen LogP contribution in [0.5, 0.6) is 0 Å². The van der Waals surface area contributed by atoms with Crippen LogP contribution >= 0.6 is 0 Å². The Bertz CT molecular complexity index is 1520. The summed E-state index contributed by atoms with van der Waals surface area (Å²) in [5.41, 5.74) is 10.4. The fourth-order valence-corrected chi connectivity index (χ4v) is 6.35. The van der Waals surface area contributed by atoms with Gasteiger partial charge in [0, 0.05) is 25.0 Å². The summed E-state index contributed by atoms with van der Waals surface area (Å²) in [7, 11) is 0. The first-order valence-electron chi connectivity index (χ1n) is 14.7. The van der Waals surface area contributed by atoms with Crippen LogP contribution < -0.4 is 5.73 Å². The Morgan fingerprint density at radius 3 is 2.66 bits per heavy atom. The Morgan fingerprint density at radius 1 is 1.15 bits per heavy atom. The van der Waals surface area contributed by atoms with Crippen LogP contribution in [0, 0.1) is 5.92 Å². The predicted molar refractivity (Wildman–Crippen MR) is 157 cm³/mol. The number of aryl methyl sites for hydroxylation is 1. The zero-order valence-electron chi connectivity index (χ0n) is 24.5. The minimum Gasteiger partial charge on any atom is -0.387 e. The lowest BCUT2D eigenvalue weighted by molar-refractivity contribution is -0.0620. The molecule has 0 radical (unpaired) electrons. The molecular formula is C30H42N8O3. The molecule has 0 bridgehead atoms. The van der Waals surface area contributed by atoms with Crippen LogP contribution in [0.2, 0.25) is 0 Å². The number of nitrogens with one attached hydrogen (secondary N) is 1. The molecule has 4 atom stereocenters. The van der Waals surface area contributed by atoms with Gasteiger partial charge in [0.05, 0.1) is 17.4 Å². The van der Waals surface area contributed by atoms with Gasteiger partial charge in [-0.2, -0.15) is 0 Å². The number of aliphatic hydroxyl groups is 2. The van der Waals surface area contributed by atoms with E-state index in [1.807, 2.05) is 0 Å². The van der Waals surface area contributed by atoms with Gasteiger partial charge in [0.15, 0.2) is 17.7 Å². The summed E-state index contributed by atoms with van der Waals surface area (Å²) in [6, 6.07) is 7.22. The molecular weight excluding hydrogens is 520 g/mol. The second-order valence-corrected chi connectivity index (χ2v) is 13.1. The predicted octanol–water partition coefficient (Wildman–Crippen LogP) is 3.32. The molecule has 1 saturated heterocycles. The Hall–Kier alpha value is -3.12. The SMILES string of the molecule is CC(C)N(C[C@H]1O[C@@H](n2cnc3c(N)ncnc32)[C@H](O)[C@@H]1O)C1CC(CCc2nc3ccc(C(C)(C)C)cc3[nH]2)C1. The van der Waals surface area contributed by atoms with Crippen LogP contribution in [0.1, 0.15) is 71.5 Å². The smallest absolute Gasteiger partial charge is 0.167 e. The molecule has 5 N–H and O–H groups in total. The number of benzene rings is 1. The molecule has 11 nitrogen and oxygen atoms in total. The second-order valence-electron chi connectivity index (χ2n) is 13.1. The van der Waals surface area contributed by atoms with Crippen molar-refractivity contribution < 1.29 is 14.9 Å². The van der Waals surface area contributed by atoms with E-state index >= 15 is 0 Å².